The van der Waals surface area contributed by atoms with Gasteiger partial charge in [-0.25, -0.2) is 4.39 Å². The largest absolute Gasteiger partial charge is 0.416 e. The Morgan fingerprint density at radius 2 is 1.51 bits per heavy atom. The number of benzene rings is 2. The lowest BCUT2D eigenvalue weighted by atomic mass is 9.74. The maximum atomic E-state index is 13.9. The molecule has 5 nitrogen and oxygen atoms in total. The van der Waals surface area contributed by atoms with Gasteiger partial charge in [-0.15, -0.1) is 0 Å². The smallest absolute Gasteiger partial charge is 0.368 e. The van der Waals surface area contributed by atoms with E-state index in [1.165, 1.54) is 26.0 Å². The van der Waals surface area contributed by atoms with E-state index in [4.69, 9.17) is 4.74 Å². The Labute approximate surface area is 245 Å². The molecule has 3 saturated heterocycles. The Bertz CT molecular complexity index is 1300. The minimum atomic E-state index is -5.00. The molecule has 0 radical (unpaired) electrons. The molecule has 3 aliphatic heterocycles. The summed E-state index contributed by atoms with van der Waals surface area (Å²) in [5, 5.41) is 0. The lowest BCUT2D eigenvalue weighted by Crippen LogP contribution is -2.47. The van der Waals surface area contributed by atoms with Crippen LogP contribution in [0, 0.1) is 17.7 Å². The summed E-state index contributed by atoms with van der Waals surface area (Å²) in [7, 11) is 0. The van der Waals surface area contributed by atoms with E-state index in [2.05, 4.69) is 0 Å². The fraction of sp³-hybridized carbons (Fsp3) is 0.548. The molecule has 234 valence electrons. The van der Waals surface area contributed by atoms with Gasteiger partial charge >= 0.3 is 12.4 Å². The zero-order valence-electron chi connectivity index (χ0n) is 23.7. The van der Waals surface area contributed by atoms with Crippen molar-refractivity contribution in [1.82, 2.24) is 9.80 Å². The van der Waals surface area contributed by atoms with Crippen molar-refractivity contribution in [3.05, 3.63) is 70.5 Å². The monoisotopic (exact) mass is 614 g/mol. The second kappa shape index (κ2) is 11.7. The zero-order chi connectivity index (χ0) is 31.3. The van der Waals surface area contributed by atoms with Crippen LogP contribution >= 0.6 is 0 Å². The molecule has 3 heterocycles. The molecular weight excluding hydrogens is 581 g/mol. The highest BCUT2D eigenvalue weighted by molar-refractivity contribution is 5.78. The third-order valence-corrected chi connectivity index (χ3v) is 9.26. The molecule has 0 spiro atoms. The predicted molar refractivity (Wildman–Crippen MR) is 142 cm³/mol. The molecular formula is C31H33F7N2O3. The van der Waals surface area contributed by atoms with Crippen LogP contribution in [0.2, 0.25) is 0 Å². The number of piperidine rings is 2. The highest BCUT2D eigenvalue weighted by Gasteiger charge is 2.50. The number of ether oxygens (including phenoxy) is 1. The van der Waals surface area contributed by atoms with Crippen molar-refractivity contribution in [2.75, 3.05) is 19.6 Å². The summed E-state index contributed by atoms with van der Waals surface area (Å²) in [4.78, 5) is 28.7. The number of amides is 2. The lowest BCUT2D eigenvalue weighted by molar-refractivity contribution is -0.143. The Hall–Kier alpha value is -3.15. The number of fused-ring (bicyclic) bond motifs is 1. The molecule has 3 aliphatic rings. The van der Waals surface area contributed by atoms with Gasteiger partial charge in [0.25, 0.3) is 0 Å². The van der Waals surface area contributed by atoms with E-state index < -0.39 is 47.4 Å². The highest BCUT2D eigenvalue weighted by atomic mass is 19.4. The molecule has 3 unspecified atom stereocenters. The maximum Gasteiger partial charge on any atom is 0.416 e. The minimum absolute atomic E-state index is 0.00810. The number of carbonyl (C=O) groups excluding carboxylic acids is 2. The second-order valence-electron chi connectivity index (χ2n) is 11.9. The molecule has 12 heteroatoms. The molecule has 0 aromatic heterocycles. The lowest BCUT2D eigenvalue weighted by Gasteiger charge is -2.42. The summed E-state index contributed by atoms with van der Waals surface area (Å²) in [5.74, 6) is -0.767. The molecule has 2 aromatic carbocycles. The SMILES string of the molecule is CC(=O)N1CCC(C2CC(=O)N3C[C@H](O[C@H](C)c4cc(C(F)(F)F)cc(C(F)(F)F)c4)C(c4ccc(F)cc4)C3C2)CC1. The van der Waals surface area contributed by atoms with Crippen LogP contribution in [0.25, 0.3) is 0 Å². The van der Waals surface area contributed by atoms with Gasteiger partial charge in [-0.1, -0.05) is 12.1 Å². The van der Waals surface area contributed by atoms with Crippen molar-refractivity contribution in [3.8, 4) is 0 Å². The van der Waals surface area contributed by atoms with E-state index in [0.29, 0.717) is 43.6 Å². The summed E-state index contributed by atoms with van der Waals surface area (Å²) in [5.41, 5.74) is -2.47. The molecule has 0 saturated carbocycles. The fourth-order valence-corrected chi connectivity index (χ4v) is 7.03. The third kappa shape index (κ3) is 6.68. The van der Waals surface area contributed by atoms with Crippen LogP contribution in [-0.2, 0) is 26.7 Å². The van der Waals surface area contributed by atoms with Crippen LogP contribution in [0.5, 0.6) is 0 Å². The van der Waals surface area contributed by atoms with Crippen LogP contribution in [-0.4, -0.2) is 53.4 Å². The molecule has 43 heavy (non-hydrogen) atoms. The number of rotatable bonds is 5. The van der Waals surface area contributed by atoms with Crippen molar-refractivity contribution < 1.29 is 45.1 Å². The van der Waals surface area contributed by atoms with Crippen molar-refractivity contribution in [2.24, 2.45) is 11.8 Å². The van der Waals surface area contributed by atoms with Gasteiger partial charge in [-0.2, -0.15) is 26.3 Å². The average Bonchev–Trinajstić information content (AvgIpc) is 3.30. The molecule has 0 bridgehead atoms. The number of halogens is 7. The van der Waals surface area contributed by atoms with Crippen molar-refractivity contribution >= 4 is 11.8 Å². The zero-order valence-corrected chi connectivity index (χ0v) is 23.7. The van der Waals surface area contributed by atoms with E-state index in [0.717, 1.165) is 12.8 Å². The summed E-state index contributed by atoms with van der Waals surface area (Å²) < 4.78 is 101. The van der Waals surface area contributed by atoms with Crippen LogP contribution < -0.4 is 0 Å². The van der Waals surface area contributed by atoms with Gasteiger partial charge in [0.2, 0.25) is 11.8 Å². The molecule has 5 atom stereocenters. The first kappa shape index (κ1) is 31.3. The van der Waals surface area contributed by atoms with Crippen LogP contribution in [0.4, 0.5) is 30.7 Å². The Balaban J connectivity index is 1.43. The first-order valence-electron chi connectivity index (χ1n) is 14.4. The molecule has 0 aliphatic carbocycles. The first-order valence-corrected chi connectivity index (χ1v) is 14.4. The summed E-state index contributed by atoms with van der Waals surface area (Å²) in [6.45, 7) is 4.25. The Morgan fingerprint density at radius 1 is 0.930 bits per heavy atom. The normalized spacial score (nSPS) is 26.0. The standard InChI is InChI=1S/C31H33F7N2O3/c1-17(21-11-23(30(33,34)35)15-24(12-21)31(36,37)38)43-27-16-40-26(29(27)20-3-5-25(32)6-4-20)13-22(14-28(40)42)19-7-9-39(10-8-19)18(2)41/h3-6,11-12,15,17,19,22,26-27,29H,7-10,13-14,16H2,1-2H3/t17-,22?,26?,27+,29?/m1/s1. The fourth-order valence-electron chi connectivity index (χ4n) is 7.03. The predicted octanol–water partition coefficient (Wildman–Crippen LogP) is 6.97. The summed E-state index contributed by atoms with van der Waals surface area (Å²) in [6.07, 6.45) is -9.46. The maximum absolute atomic E-state index is 13.9. The van der Waals surface area contributed by atoms with Crippen molar-refractivity contribution in [2.45, 2.75) is 76.1 Å². The summed E-state index contributed by atoms with van der Waals surface area (Å²) >= 11 is 0. The van der Waals surface area contributed by atoms with Gasteiger partial charge < -0.3 is 14.5 Å². The first-order chi connectivity index (χ1) is 20.1. The van der Waals surface area contributed by atoms with E-state index in [1.807, 2.05) is 0 Å². The van der Waals surface area contributed by atoms with Crippen LogP contribution in [0.3, 0.4) is 0 Å². The Kier molecular flexibility index (Phi) is 8.54. The minimum Gasteiger partial charge on any atom is -0.368 e. The van der Waals surface area contributed by atoms with Gasteiger partial charge in [-0.05, 0) is 79.5 Å². The number of likely N-dealkylation sites (tertiary alicyclic amines) is 1. The molecule has 2 aromatic rings. The van der Waals surface area contributed by atoms with Gasteiger partial charge in [0.05, 0.1) is 23.3 Å². The molecule has 2 amide bonds. The number of nitrogens with zero attached hydrogens (tertiary/aromatic N) is 2. The summed E-state index contributed by atoms with van der Waals surface area (Å²) in [6, 6.07) is 6.76. The number of hydrogen-bond acceptors (Lipinski definition) is 3. The van der Waals surface area contributed by atoms with E-state index in [9.17, 15) is 40.3 Å². The number of carbonyl (C=O) groups is 2. The van der Waals surface area contributed by atoms with Gasteiger partial charge in [0.15, 0.2) is 0 Å². The molecule has 3 fully saturated rings. The number of hydrogen-bond donors (Lipinski definition) is 0. The number of alkyl halides is 6. The van der Waals surface area contributed by atoms with Crippen LogP contribution in [0.15, 0.2) is 42.5 Å². The van der Waals surface area contributed by atoms with E-state index >= 15 is 0 Å². The topological polar surface area (TPSA) is 49.9 Å². The van der Waals surface area contributed by atoms with Crippen molar-refractivity contribution in [3.63, 3.8) is 0 Å². The third-order valence-electron chi connectivity index (χ3n) is 9.26. The Morgan fingerprint density at radius 3 is 2.05 bits per heavy atom. The van der Waals surface area contributed by atoms with Gasteiger partial charge in [0.1, 0.15) is 5.82 Å². The second-order valence-corrected chi connectivity index (χ2v) is 11.9. The molecule has 0 N–H and O–H groups in total. The van der Waals surface area contributed by atoms with Gasteiger partial charge in [-0.3, -0.25) is 9.59 Å². The van der Waals surface area contributed by atoms with E-state index in [-0.39, 0.29) is 47.9 Å². The van der Waals surface area contributed by atoms with Crippen LogP contribution in [0.1, 0.15) is 73.8 Å². The average molecular weight is 615 g/mol. The van der Waals surface area contributed by atoms with Crippen molar-refractivity contribution in [1.29, 1.82) is 0 Å². The quantitative estimate of drug-likeness (QED) is 0.342. The van der Waals surface area contributed by atoms with Gasteiger partial charge in [0, 0.05) is 44.9 Å². The highest BCUT2D eigenvalue weighted by Crippen LogP contribution is 2.47. The van der Waals surface area contributed by atoms with E-state index in [1.54, 1.807) is 21.9 Å². The molecule has 5 rings (SSSR count).